The van der Waals surface area contributed by atoms with Crippen molar-refractivity contribution in [2.45, 2.75) is 18.8 Å². The van der Waals surface area contributed by atoms with E-state index in [-0.39, 0.29) is 31.4 Å². The molecule has 0 aliphatic heterocycles. The average Bonchev–Trinajstić information content (AvgIpc) is 3.27. The number of hydrogen-bond donors (Lipinski definition) is 1. The summed E-state index contributed by atoms with van der Waals surface area (Å²) in [6.45, 7) is 2.42. The van der Waals surface area contributed by atoms with Crippen molar-refractivity contribution in [2.75, 3.05) is 34.4 Å². The first kappa shape index (κ1) is 20.6. The molecule has 1 heterocycles. The number of aromatic amines is 1. The molecule has 32 heavy (non-hydrogen) atoms. The molecule has 0 radical (unpaired) electrons. The second-order valence-corrected chi connectivity index (χ2v) is 7.74. The number of ether oxygens (including phenoxy) is 5. The normalized spacial score (nSPS) is 17.3. The van der Waals surface area contributed by atoms with Gasteiger partial charge in [0.1, 0.15) is 17.2 Å². The van der Waals surface area contributed by atoms with E-state index in [1.807, 2.05) is 30.5 Å². The number of hydrogen-bond acceptors (Lipinski definition) is 6. The molecule has 0 amide bonds. The number of carbonyl (C=O) groups excluding carboxylic acids is 1. The molecule has 1 aromatic heterocycles. The highest BCUT2D eigenvalue weighted by molar-refractivity contribution is 5.92. The summed E-state index contributed by atoms with van der Waals surface area (Å²) in [5.74, 6) is 0.850. The molecule has 2 aromatic carbocycles. The minimum absolute atomic E-state index is 0.112. The summed E-state index contributed by atoms with van der Waals surface area (Å²) < 4.78 is 27.6. The molecule has 0 saturated carbocycles. The fraction of sp³-hybridized carbons (Fsp3) is 0.320. The van der Waals surface area contributed by atoms with Crippen molar-refractivity contribution in [1.82, 2.24) is 4.98 Å². The molecule has 0 spiro atoms. The Morgan fingerprint density at radius 3 is 2.03 bits per heavy atom. The first-order chi connectivity index (χ1) is 15.7. The van der Waals surface area contributed by atoms with Crippen LogP contribution in [0.4, 0.5) is 0 Å². The van der Waals surface area contributed by atoms with E-state index in [1.54, 1.807) is 21.1 Å². The first-order valence-corrected chi connectivity index (χ1v) is 10.6. The molecule has 3 aliphatic carbocycles. The number of benzene rings is 2. The van der Waals surface area contributed by atoms with Gasteiger partial charge in [-0.15, -0.1) is 0 Å². The van der Waals surface area contributed by atoms with Crippen LogP contribution in [-0.2, 0) is 14.2 Å². The van der Waals surface area contributed by atoms with E-state index < -0.39 is 0 Å². The number of nitrogens with one attached hydrogen (secondary N) is 1. The van der Waals surface area contributed by atoms with Crippen LogP contribution in [0.1, 0.15) is 62.6 Å². The zero-order valence-electron chi connectivity index (χ0n) is 18.3. The van der Waals surface area contributed by atoms with E-state index in [9.17, 15) is 4.79 Å². The topological polar surface area (TPSA) is 79.0 Å². The molecule has 2 atom stereocenters. The number of H-pyrrole nitrogens is 1. The van der Waals surface area contributed by atoms with E-state index in [2.05, 4.69) is 17.1 Å². The molecule has 3 aromatic rings. The van der Waals surface area contributed by atoms with Gasteiger partial charge in [0.25, 0.3) is 0 Å². The summed E-state index contributed by atoms with van der Waals surface area (Å²) in [6.07, 6.45) is 1.92. The molecule has 3 aliphatic rings. The van der Waals surface area contributed by atoms with Crippen LogP contribution >= 0.6 is 0 Å². The zero-order chi connectivity index (χ0) is 22.2. The number of esters is 1. The van der Waals surface area contributed by atoms with Gasteiger partial charge in [0.2, 0.25) is 0 Å². The van der Waals surface area contributed by atoms with Crippen LogP contribution in [0, 0.1) is 0 Å². The third-order valence-electron chi connectivity index (χ3n) is 6.10. The summed E-state index contributed by atoms with van der Waals surface area (Å²) >= 11 is 0. The van der Waals surface area contributed by atoms with Crippen molar-refractivity contribution in [3.8, 4) is 11.5 Å². The van der Waals surface area contributed by atoms with Gasteiger partial charge >= 0.3 is 5.97 Å². The molecular formula is C25H25NO6. The molecule has 7 heteroatoms. The van der Waals surface area contributed by atoms with Crippen LogP contribution < -0.4 is 9.47 Å². The lowest BCUT2D eigenvalue weighted by molar-refractivity contribution is 0.0492. The first-order valence-electron chi connectivity index (χ1n) is 10.6. The van der Waals surface area contributed by atoms with Crippen molar-refractivity contribution >= 4 is 5.97 Å². The van der Waals surface area contributed by atoms with Crippen LogP contribution in [0.15, 0.2) is 42.6 Å². The molecule has 6 rings (SSSR count). The molecule has 1 N–H and O–H groups in total. The van der Waals surface area contributed by atoms with Crippen LogP contribution in [0.2, 0.25) is 0 Å². The minimum Gasteiger partial charge on any atom is -0.467 e. The summed E-state index contributed by atoms with van der Waals surface area (Å²) in [7, 11) is 3.20. The zero-order valence-corrected chi connectivity index (χ0v) is 18.3. The van der Waals surface area contributed by atoms with Crippen LogP contribution in [0.5, 0.6) is 11.5 Å². The number of methoxy groups -OCH3 is 2. The predicted molar refractivity (Wildman–Crippen MR) is 117 cm³/mol. The van der Waals surface area contributed by atoms with Gasteiger partial charge in [0.15, 0.2) is 13.6 Å². The summed E-state index contributed by atoms with van der Waals surface area (Å²) in [6, 6.07) is 12.1. The quantitative estimate of drug-likeness (QED) is 0.291. The Morgan fingerprint density at radius 2 is 1.44 bits per heavy atom. The number of rotatable bonds is 8. The minimum atomic E-state index is -0.355. The maximum atomic E-state index is 12.8. The Labute approximate surface area is 186 Å². The molecule has 2 bridgehead atoms. The highest BCUT2D eigenvalue weighted by Gasteiger charge is 2.47. The van der Waals surface area contributed by atoms with Crippen molar-refractivity contribution in [1.29, 1.82) is 0 Å². The van der Waals surface area contributed by atoms with Gasteiger partial charge < -0.3 is 28.7 Å². The molecular weight excluding hydrogens is 410 g/mol. The van der Waals surface area contributed by atoms with Gasteiger partial charge in [-0.05, 0) is 35.7 Å². The number of carbonyl (C=O) groups is 1. The maximum absolute atomic E-state index is 12.8. The van der Waals surface area contributed by atoms with Gasteiger partial charge in [-0.3, -0.25) is 0 Å². The SMILES string of the molecule is CCOC(=O)c1[nH]cc2c1[C@H]1c3cccc(OCOC)c3[C@@H]2c2cccc(OCOC)c21. The Hall–Kier alpha value is -3.29. The van der Waals surface area contributed by atoms with E-state index in [0.29, 0.717) is 12.3 Å². The average molecular weight is 435 g/mol. The fourth-order valence-electron chi connectivity index (χ4n) is 5.05. The third kappa shape index (κ3) is 3.00. The number of aromatic nitrogens is 1. The molecule has 0 unspecified atom stereocenters. The highest BCUT2D eigenvalue weighted by atomic mass is 16.7. The summed E-state index contributed by atoms with van der Waals surface area (Å²) in [5.41, 5.74) is 6.82. The highest BCUT2D eigenvalue weighted by Crippen LogP contribution is 2.60. The fourth-order valence-corrected chi connectivity index (χ4v) is 5.05. The van der Waals surface area contributed by atoms with Crippen molar-refractivity contribution in [3.63, 3.8) is 0 Å². The van der Waals surface area contributed by atoms with Crippen molar-refractivity contribution in [3.05, 3.63) is 81.7 Å². The predicted octanol–water partition coefficient (Wildman–Crippen LogP) is 4.14. The van der Waals surface area contributed by atoms with Crippen molar-refractivity contribution in [2.24, 2.45) is 0 Å². The van der Waals surface area contributed by atoms with Gasteiger partial charge in [-0.1, -0.05) is 24.3 Å². The molecule has 0 saturated heterocycles. The standard InChI is InChI=1S/C25H25NO6/c1-4-30-25(27)24-23-16(11-26-24)19-14-7-5-10-18(32-13-29-3)21(14)22(23)15-8-6-9-17(20(15)19)31-12-28-2/h5-11,19,22,26H,4,12-13H2,1-3H3/t19-,22+/m1/s1. The molecule has 7 nitrogen and oxygen atoms in total. The van der Waals surface area contributed by atoms with Gasteiger partial charge in [-0.2, -0.15) is 0 Å². The van der Waals surface area contributed by atoms with E-state index in [4.69, 9.17) is 23.7 Å². The lowest BCUT2D eigenvalue weighted by Gasteiger charge is -2.42. The van der Waals surface area contributed by atoms with Gasteiger partial charge in [0.05, 0.1) is 6.61 Å². The largest absolute Gasteiger partial charge is 0.467 e. The lowest BCUT2D eigenvalue weighted by Crippen LogP contribution is -2.29. The van der Waals surface area contributed by atoms with Crippen LogP contribution in [-0.4, -0.2) is 45.4 Å². The summed E-state index contributed by atoms with van der Waals surface area (Å²) in [5, 5.41) is 0. The van der Waals surface area contributed by atoms with E-state index in [0.717, 1.165) is 44.9 Å². The Balaban J connectivity index is 1.75. The van der Waals surface area contributed by atoms with Crippen LogP contribution in [0.25, 0.3) is 0 Å². The second-order valence-electron chi connectivity index (χ2n) is 7.74. The Bertz CT molecular complexity index is 1170. The lowest BCUT2D eigenvalue weighted by atomic mass is 9.61. The van der Waals surface area contributed by atoms with Gasteiger partial charge in [-0.25, -0.2) is 4.79 Å². The Kier molecular flexibility index (Phi) is 5.36. The maximum Gasteiger partial charge on any atom is 0.355 e. The van der Waals surface area contributed by atoms with E-state index >= 15 is 0 Å². The van der Waals surface area contributed by atoms with E-state index in [1.165, 1.54) is 0 Å². The smallest absolute Gasteiger partial charge is 0.355 e. The monoisotopic (exact) mass is 435 g/mol. The molecule has 166 valence electrons. The third-order valence-corrected chi connectivity index (χ3v) is 6.10. The Morgan fingerprint density at radius 1 is 0.844 bits per heavy atom. The van der Waals surface area contributed by atoms with Gasteiger partial charge in [0, 0.05) is 48.9 Å². The van der Waals surface area contributed by atoms with Crippen LogP contribution in [0.3, 0.4) is 0 Å². The molecule has 0 fully saturated rings. The van der Waals surface area contributed by atoms with Crippen molar-refractivity contribution < 1.29 is 28.5 Å². The summed E-state index contributed by atoms with van der Waals surface area (Å²) in [4.78, 5) is 16.0. The second kappa shape index (κ2) is 8.33.